The molecule has 3 rings (SSSR count). The highest BCUT2D eigenvalue weighted by atomic mass is 32.1. The van der Waals surface area contributed by atoms with E-state index in [0.29, 0.717) is 17.9 Å². The van der Waals surface area contributed by atoms with E-state index in [9.17, 15) is 9.59 Å². The fraction of sp³-hybridized carbons (Fsp3) is 0.643. The molecule has 0 radical (unpaired) electrons. The highest BCUT2D eigenvalue weighted by Crippen LogP contribution is 2.33. The average molecular weight is 278 g/mol. The molecule has 2 unspecified atom stereocenters. The van der Waals surface area contributed by atoms with Crippen LogP contribution >= 0.6 is 11.3 Å². The minimum absolute atomic E-state index is 0.00523. The van der Waals surface area contributed by atoms with Crippen LogP contribution in [-0.2, 0) is 4.79 Å². The maximum absolute atomic E-state index is 12.5. The molecular formula is C14H18N2O2S. The zero-order chi connectivity index (χ0) is 13.2. The number of likely N-dealkylation sites (tertiary alicyclic amines) is 1. The number of carbonyl (C=O) groups excluding carboxylic acids is 2. The maximum atomic E-state index is 12.5. The first-order valence-electron chi connectivity index (χ1n) is 6.99. The molecule has 2 heterocycles. The van der Waals surface area contributed by atoms with Crippen LogP contribution in [0.2, 0.25) is 0 Å². The van der Waals surface area contributed by atoms with Gasteiger partial charge in [-0.1, -0.05) is 0 Å². The van der Waals surface area contributed by atoms with Crippen LogP contribution in [0, 0.1) is 5.92 Å². The van der Waals surface area contributed by atoms with Crippen molar-refractivity contribution in [1.82, 2.24) is 9.88 Å². The molecule has 2 aliphatic rings. The summed E-state index contributed by atoms with van der Waals surface area (Å²) in [4.78, 5) is 30.5. The zero-order valence-electron chi connectivity index (χ0n) is 10.9. The number of thiazole rings is 1. The fourth-order valence-corrected chi connectivity index (χ4v) is 3.87. The molecule has 2 atom stereocenters. The smallest absolute Gasteiger partial charge is 0.273 e. The van der Waals surface area contributed by atoms with Gasteiger partial charge in [0.15, 0.2) is 0 Å². The number of aromatic nitrogens is 1. The van der Waals surface area contributed by atoms with Gasteiger partial charge in [-0.25, -0.2) is 4.98 Å². The van der Waals surface area contributed by atoms with Crippen molar-refractivity contribution < 1.29 is 9.59 Å². The van der Waals surface area contributed by atoms with Crippen molar-refractivity contribution in [2.24, 2.45) is 5.92 Å². The predicted molar refractivity (Wildman–Crippen MR) is 73.1 cm³/mol. The number of piperidine rings is 1. The van der Waals surface area contributed by atoms with E-state index < -0.39 is 0 Å². The molecule has 1 saturated carbocycles. The van der Waals surface area contributed by atoms with Gasteiger partial charge in [0.2, 0.25) is 0 Å². The van der Waals surface area contributed by atoms with Crippen LogP contribution in [0.3, 0.4) is 0 Å². The van der Waals surface area contributed by atoms with Crippen LogP contribution in [-0.4, -0.2) is 34.2 Å². The summed E-state index contributed by atoms with van der Waals surface area (Å²) in [6.07, 6.45) is 5.75. The van der Waals surface area contributed by atoms with E-state index in [1.54, 1.807) is 10.9 Å². The van der Waals surface area contributed by atoms with Crippen LogP contribution in [0.4, 0.5) is 0 Å². The minimum atomic E-state index is 0.00523. The lowest BCUT2D eigenvalue weighted by Gasteiger charge is -2.38. The molecule has 0 bridgehead atoms. The van der Waals surface area contributed by atoms with Gasteiger partial charge in [-0.05, 0) is 32.1 Å². The van der Waals surface area contributed by atoms with Crippen LogP contribution in [0.15, 0.2) is 10.9 Å². The SMILES string of the molecule is O=C1CCCC1C1CCCCN1C(=O)c1cscn1. The highest BCUT2D eigenvalue weighted by molar-refractivity contribution is 7.07. The second-order valence-corrected chi connectivity index (χ2v) is 6.12. The second kappa shape index (κ2) is 5.41. The third kappa shape index (κ3) is 2.43. The largest absolute Gasteiger partial charge is 0.334 e. The first kappa shape index (κ1) is 12.8. The van der Waals surface area contributed by atoms with Gasteiger partial charge in [0.05, 0.1) is 5.51 Å². The Kier molecular flexibility index (Phi) is 3.64. The van der Waals surface area contributed by atoms with E-state index in [4.69, 9.17) is 0 Å². The molecule has 1 aromatic heterocycles. The Hall–Kier alpha value is -1.23. The highest BCUT2D eigenvalue weighted by Gasteiger charge is 2.39. The number of Topliss-reactive ketones (excluding diaryl/α,β-unsaturated/α-hetero) is 1. The van der Waals surface area contributed by atoms with Gasteiger partial charge in [-0.2, -0.15) is 0 Å². The van der Waals surface area contributed by atoms with Crippen molar-refractivity contribution in [2.75, 3.05) is 6.54 Å². The number of rotatable bonds is 2. The molecule has 102 valence electrons. The monoisotopic (exact) mass is 278 g/mol. The van der Waals surface area contributed by atoms with Gasteiger partial charge >= 0.3 is 0 Å². The van der Waals surface area contributed by atoms with Crippen molar-refractivity contribution in [3.63, 3.8) is 0 Å². The van der Waals surface area contributed by atoms with Gasteiger partial charge in [0.1, 0.15) is 11.5 Å². The van der Waals surface area contributed by atoms with E-state index in [1.807, 2.05) is 4.90 Å². The maximum Gasteiger partial charge on any atom is 0.273 e. The zero-order valence-corrected chi connectivity index (χ0v) is 11.7. The standard InChI is InChI=1S/C14H18N2O2S/c17-13-6-3-4-10(13)12-5-1-2-7-16(12)14(18)11-8-19-9-15-11/h8-10,12H,1-7H2. The Morgan fingerprint density at radius 2 is 2.21 bits per heavy atom. The van der Waals surface area contributed by atoms with Gasteiger partial charge in [0.25, 0.3) is 5.91 Å². The van der Waals surface area contributed by atoms with Crippen molar-refractivity contribution in [2.45, 2.75) is 44.6 Å². The Morgan fingerprint density at radius 3 is 2.89 bits per heavy atom. The molecular weight excluding hydrogens is 260 g/mol. The Morgan fingerprint density at radius 1 is 1.32 bits per heavy atom. The molecule has 1 aliphatic heterocycles. The van der Waals surface area contributed by atoms with E-state index in [-0.39, 0.29) is 17.9 Å². The number of amides is 1. The topological polar surface area (TPSA) is 50.3 Å². The summed E-state index contributed by atoms with van der Waals surface area (Å²) in [5.74, 6) is 0.427. The second-order valence-electron chi connectivity index (χ2n) is 5.40. The summed E-state index contributed by atoms with van der Waals surface area (Å²) in [5.41, 5.74) is 2.22. The lowest BCUT2D eigenvalue weighted by Crippen LogP contribution is -2.48. The van der Waals surface area contributed by atoms with Crippen molar-refractivity contribution in [3.05, 3.63) is 16.6 Å². The van der Waals surface area contributed by atoms with Gasteiger partial charge in [-0.3, -0.25) is 9.59 Å². The van der Waals surface area contributed by atoms with Crippen LogP contribution in [0.25, 0.3) is 0 Å². The van der Waals surface area contributed by atoms with Crippen molar-refractivity contribution in [3.8, 4) is 0 Å². The number of ketones is 1. The van der Waals surface area contributed by atoms with E-state index >= 15 is 0 Å². The van der Waals surface area contributed by atoms with Gasteiger partial charge in [-0.15, -0.1) is 11.3 Å². The molecule has 0 N–H and O–H groups in total. The lowest BCUT2D eigenvalue weighted by atomic mass is 9.88. The predicted octanol–water partition coefficient (Wildman–Crippen LogP) is 2.51. The Balaban J connectivity index is 1.81. The number of nitrogens with zero attached hydrogens (tertiary/aromatic N) is 2. The normalized spacial score (nSPS) is 27.8. The Labute approximate surface area is 116 Å². The van der Waals surface area contributed by atoms with E-state index in [2.05, 4.69) is 4.98 Å². The Bertz CT molecular complexity index is 472. The summed E-state index contributed by atoms with van der Waals surface area (Å²) >= 11 is 1.44. The van der Waals surface area contributed by atoms with Crippen LogP contribution in [0.5, 0.6) is 0 Å². The number of carbonyl (C=O) groups is 2. The molecule has 4 nitrogen and oxygen atoms in total. The summed E-state index contributed by atoms with van der Waals surface area (Å²) in [5, 5.41) is 1.80. The quantitative estimate of drug-likeness (QED) is 0.835. The molecule has 2 fully saturated rings. The van der Waals surface area contributed by atoms with Crippen molar-refractivity contribution >= 4 is 23.0 Å². The molecule has 1 aliphatic carbocycles. The number of hydrogen-bond acceptors (Lipinski definition) is 4. The minimum Gasteiger partial charge on any atom is -0.334 e. The van der Waals surface area contributed by atoms with E-state index in [0.717, 1.165) is 38.6 Å². The van der Waals surface area contributed by atoms with E-state index in [1.165, 1.54) is 11.3 Å². The van der Waals surface area contributed by atoms with Crippen LogP contribution in [0.1, 0.15) is 49.0 Å². The molecule has 0 aromatic carbocycles. The first-order valence-corrected chi connectivity index (χ1v) is 7.93. The van der Waals surface area contributed by atoms with Crippen LogP contribution < -0.4 is 0 Å². The van der Waals surface area contributed by atoms with Gasteiger partial charge < -0.3 is 4.90 Å². The summed E-state index contributed by atoms with van der Waals surface area (Å²) in [6, 6.07) is 0.109. The third-order valence-corrected chi connectivity index (χ3v) is 4.86. The first-order chi connectivity index (χ1) is 9.27. The molecule has 0 spiro atoms. The molecule has 19 heavy (non-hydrogen) atoms. The van der Waals surface area contributed by atoms with Gasteiger partial charge in [0, 0.05) is 30.3 Å². The molecule has 1 amide bonds. The summed E-state index contributed by atoms with van der Waals surface area (Å²) in [7, 11) is 0. The number of hydrogen-bond donors (Lipinski definition) is 0. The summed E-state index contributed by atoms with van der Waals surface area (Å²) in [6.45, 7) is 0.769. The third-order valence-electron chi connectivity index (χ3n) is 4.28. The fourth-order valence-electron chi connectivity index (χ4n) is 3.34. The summed E-state index contributed by atoms with van der Waals surface area (Å²) < 4.78 is 0. The molecule has 5 heteroatoms. The van der Waals surface area contributed by atoms with Crippen molar-refractivity contribution in [1.29, 1.82) is 0 Å². The molecule has 1 aromatic rings. The lowest BCUT2D eigenvalue weighted by molar-refractivity contribution is -0.122. The average Bonchev–Trinajstić information content (AvgIpc) is 3.09. The molecule has 1 saturated heterocycles.